The van der Waals surface area contributed by atoms with Gasteiger partial charge in [0.2, 0.25) is 0 Å². The average molecular weight is 1290 g/mol. The summed E-state index contributed by atoms with van der Waals surface area (Å²) >= 11 is 0. The zero-order chi connectivity index (χ0) is 53.2. The van der Waals surface area contributed by atoms with Crippen LogP contribution in [0.5, 0.6) is 0 Å². The molecule has 0 aliphatic rings. The van der Waals surface area contributed by atoms with Crippen LogP contribution in [0, 0.1) is 13.8 Å². The van der Waals surface area contributed by atoms with Gasteiger partial charge in [-0.25, -0.2) is 0 Å². The minimum atomic E-state index is 0. The first-order chi connectivity index (χ1) is 37.4. The molecule has 0 saturated carbocycles. The van der Waals surface area contributed by atoms with Crippen LogP contribution in [0.2, 0.25) is 0 Å². The van der Waals surface area contributed by atoms with Gasteiger partial charge in [-0.05, 0) is 61.5 Å². The predicted molar refractivity (Wildman–Crippen MR) is 348 cm³/mol. The van der Waals surface area contributed by atoms with E-state index in [9.17, 15) is 0 Å². The van der Waals surface area contributed by atoms with E-state index < -0.39 is 0 Å². The van der Waals surface area contributed by atoms with Gasteiger partial charge in [0, 0.05) is 0 Å². The summed E-state index contributed by atoms with van der Waals surface area (Å²) in [6.07, 6.45) is 28.1. The fourth-order valence-electron chi connectivity index (χ4n) is 10.8. The van der Waals surface area contributed by atoms with Crippen LogP contribution in [0.4, 0.5) is 0 Å². The van der Waals surface area contributed by atoms with E-state index in [1.807, 2.05) is 0 Å². The van der Waals surface area contributed by atoms with Crippen molar-refractivity contribution in [1.82, 2.24) is 0 Å². The van der Waals surface area contributed by atoms with Crippen LogP contribution >= 0.6 is 15.8 Å². The summed E-state index contributed by atoms with van der Waals surface area (Å²) in [6, 6.07) is 70.7. The van der Waals surface area contributed by atoms with Crippen molar-refractivity contribution in [3.63, 3.8) is 0 Å². The number of rotatable bonds is 24. The molecule has 0 nitrogen and oxygen atoms in total. The number of fused-ring (bicyclic) bond motifs is 4. The zero-order valence-electron chi connectivity index (χ0n) is 49.3. The second kappa shape index (κ2) is 40.3. The van der Waals surface area contributed by atoms with Crippen molar-refractivity contribution >= 4 is 69.5 Å². The van der Waals surface area contributed by atoms with Crippen LogP contribution in [-0.4, -0.2) is 24.6 Å². The maximum absolute atomic E-state index is 2.47. The summed E-state index contributed by atoms with van der Waals surface area (Å²) in [5.74, 6) is 0. The molecule has 10 aromatic carbocycles. The van der Waals surface area contributed by atoms with Crippen molar-refractivity contribution in [3.8, 4) is 22.3 Å². The average Bonchev–Trinajstić information content (AvgIpc) is 4.28. The first-order valence-electron chi connectivity index (χ1n) is 29.6. The van der Waals surface area contributed by atoms with Gasteiger partial charge in [0.05, 0.1) is 0 Å². The largest absolute Gasteiger partial charge is 2.00 e. The molecule has 0 atom stereocenters. The van der Waals surface area contributed by atoms with E-state index in [1.165, 1.54) is 204 Å². The van der Waals surface area contributed by atoms with Crippen LogP contribution in [0.25, 0.3) is 65.3 Å². The summed E-state index contributed by atoms with van der Waals surface area (Å²) in [6.45, 7) is 13.5. The molecule has 0 amide bonds. The number of benzene rings is 6. The number of halogens is 2. The van der Waals surface area contributed by atoms with Gasteiger partial charge in [-0.2, -0.15) is 24.3 Å². The minimum Gasteiger partial charge on any atom is -1.00 e. The molecule has 0 saturated heterocycles. The molecule has 10 aromatic rings. The van der Waals surface area contributed by atoms with Crippen molar-refractivity contribution < 1.29 is 77.2 Å². The molecule has 420 valence electrons. The summed E-state index contributed by atoms with van der Waals surface area (Å²) < 4.78 is 0. The number of unbranched alkanes of at least 4 members (excludes halogenated alkanes) is 12. The first-order valence-corrected chi connectivity index (χ1v) is 33.0. The molecule has 80 heavy (non-hydrogen) atoms. The molecular formula is C74H90Cl2P2Zr2-2. The van der Waals surface area contributed by atoms with Gasteiger partial charge >= 0.3 is 52.4 Å². The van der Waals surface area contributed by atoms with Crippen molar-refractivity contribution in [2.24, 2.45) is 0 Å². The second-order valence-corrected chi connectivity index (χ2v) is 26.3. The Bertz CT molecular complexity index is 2860. The molecule has 0 aromatic heterocycles. The van der Waals surface area contributed by atoms with Crippen molar-refractivity contribution in [1.29, 1.82) is 0 Å². The summed E-state index contributed by atoms with van der Waals surface area (Å²) in [4.78, 5) is 0. The molecule has 0 N–H and O–H groups in total. The van der Waals surface area contributed by atoms with Gasteiger partial charge < -0.3 is 24.8 Å². The topological polar surface area (TPSA) is 0 Å². The number of hydrogen-bond donors (Lipinski definition) is 0. The van der Waals surface area contributed by atoms with E-state index in [0.29, 0.717) is 0 Å². The van der Waals surface area contributed by atoms with E-state index in [4.69, 9.17) is 0 Å². The number of hydrogen-bond acceptors (Lipinski definition) is 0. The summed E-state index contributed by atoms with van der Waals surface area (Å²) in [7, 11) is 0.128. The van der Waals surface area contributed by atoms with Crippen LogP contribution in [0.15, 0.2) is 194 Å². The molecule has 0 radical (unpaired) electrons. The third-order valence-corrected chi connectivity index (χ3v) is 20.4. The van der Waals surface area contributed by atoms with Gasteiger partial charge in [0.1, 0.15) is 0 Å². The third-order valence-electron chi connectivity index (χ3n) is 15.0. The van der Waals surface area contributed by atoms with Gasteiger partial charge in [0.25, 0.3) is 0 Å². The monoisotopic (exact) mass is 1290 g/mol. The van der Waals surface area contributed by atoms with Gasteiger partial charge in [-0.3, -0.25) is 0 Å². The molecule has 0 unspecified atom stereocenters. The van der Waals surface area contributed by atoms with E-state index >= 15 is 0 Å². The van der Waals surface area contributed by atoms with E-state index in [2.05, 4.69) is 236 Å². The Morgan fingerprint density at radius 1 is 0.312 bits per heavy atom. The summed E-state index contributed by atoms with van der Waals surface area (Å²) in [5, 5.41) is 14.4. The molecular weight excluding hydrogens is 1200 g/mol. The number of aryl methyl sites for hydroxylation is 2. The molecule has 0 heterocycles. The van der Waals surface area contributed by atoms with E-state index in [0.717, 1.165) is 0 Å². The molecule has 0 bridgehead atoms. The summed E-state index contributed by atoms with van der Waals surface area (Å²) in [5.41, 5.74) is 7.89. The second-order valence-electron chi connectivity index (χ2n) is 21.3. The Labute approximate surface area is 538 Å². The fourth-order valence-corrected chi connectivity index (χ4v) is 16.0. The SMILES string of the molecule is CCCCCCP(CCCCCC)c1cc2ccccc2[cH-]1.CCCCCCP(CCCCCC)c1cc2ccccc2[cH-]1.Cc1cc2c(-c3ccccc3)cccc2[cH-]1.Cc1cc2c(-c3ccccc3)cccc2[cH-]1.[Cl-].[Cl-].[Zr+2].[Zr+2]. The standard InChI is InChI=1S/2C21H32P.2C16H13.2ClH.2Zr/c2*1-3-5-7-11-15-22(16-12-8-6-4-2)21-17-19-13-9-10-14-20(19)18-21;2*1-12-10-14-8-5-9-15(16(14)11-12)13-6-3-2-4-7-13;;;;/h2*9-10,13-14,17-18H,3-8,11-12,15-16H2,1-2H3;2*2-11H,1H3;2*1H;;/q4*-1;;;2*+2/p-2. The smallest absolute Gasteiger partial charge is 1.00 e. The third kappa shape index (κ3) is 22.5. The Morgan fingerprint density at radius 2 is 0.625 bits per heavy atom. The van der Waals surface area contributed by atoms with Crippen molar-refractivity contribution in [2.45, 2.75) is 144 Å². The van der Waals surface area contributed by atoms with E-state index in [1.54, 1.807) is 10.6 Å². The molecule has 6 heteroatoms. The van der Waals surface area contributed by atoms with Crippen molar-refractivity contribution in [3.05, 3.63) is 205 Å². The van der Waals surface area contributed by atoms with Crippen LogP contribution in [-0.2, 0) is 52.4 Å². The van der Waals surface area contributed by atoms with Gasteiger partial charge in [0.15, 0.2) is 0 Å². The van der Waals surface area contributed by atoms with Gasteiger partial charge in [-0.1, -0.05) is 230 Å². The maximum atomic E-state index is 2.47. The first kappa shape index (κ1) is 71.2. The predicted octanol–water partition coefficient (Wildman–Crippen LogP) is 16.7. The van der Waals surface area contributed by atoms with Gasteiger partial charge in [-0.15, -0.1) is 150 Å². The Morgan fingerprint density at radius 3 is 0.950 bits per heavy atom. The van der Waals surface area contributed by atoms with Crippen LogP contribution < -0.4 is 35.4 Å². The quantitative estimate of drug-likeness (QED) is 0.0321. The van der Waals surface area contributed by atoms with Crippen LogP contribution in [0.3, 0.4) is 0 Å². The fraction of sp³-hybridized carbons (Fsp3) is 0.351. The Kier molecular flexibility index (Phi) is 35.9. The molecule has 0 aliphatic heterocycles. The molecule has 0 fully saturated rings. The molecule has 0 aliphatic carbocycles. The minimum absolute atomic E-state index is 0. The zero-order valence-corrected chi connectivity index (χ0v) is 57.5. The van der Waals surface area contributed by atoms with E-state index in [-0.39, 0.29) is 93.1 Å². The molecule has 10 rings (SSSR count). The van der Waals surface area contributed by atoms with Crippen LogP contribution in [0.1, 0.15) is 142 Å². The van der Waals surface area contributed by atoms with Crippen molar-refractivity contribution in [2.75, 3.05) is 24.6 Å². The maximum Gasteiger partial charge on any atom is 2.00 e. The Hall–Kier alpha value is -3.03. The Balaban J connectivity index is 0.000000278. The normalized spacial score (nSPS) is 10.7. The molecule has 0 spiro atoms.